The van der Waals surface area contributed by atoms with E-state index in [0.717, 1.165) is 38.9 Å². The highest BCUT2D eigenvalue weighted by molar-refractivity contribution is 7.85. The molecule has 0 aliphatic carbocycles. The van der Waals surface area contributed by atoms with E-state index in [9.17, 15) is 9.00 Å². The van der Waals surface area contributed by atoms with Crippen molar-refractivity contribution in [3.63, 3.8) is 0 Å². The van der Waals surface area contributed by atoms with Gasteiger partial charge in [0.25, 0.3) is 0 Å². The number of nitrogens with one attached hydrogen (secondary N) is 1. The molecule has 3 rings (SSSR count). The van der Waals surface area contributed by atoms with E-state index < -0.39 is 10.8 Å². The molecule has 1 N–H and O–H groups in total. The molecule has 2 aliphatic rings. The highest BCUT2D eigenvalue weighted by Gasteiger charge is 2.28. The second kappa shape index (κ2) is 6.81. The number of carbonyl (C=O) groups is 1. The number of hydrogen-bond acceptors (Lipinski definition) is 3. The van der Waals surface area contributed by atoms with Gasteiger partial charge in [-0.15, -0.1) is 0 Å². The van der Waals surface area contributed by atoms with E-state index in [2.05, 4.69) is 23.4 Å². The molecular formula is C15H24N4O2S. The third-order valence-electron chi connectivity index (χ3n) is 4.66. The minimum Gasteiger partial charge on any atom is -0.334 e. The Bertz CT molecular complexity index is 551. The Morgan fingerprint density at radius 2 is 2.18 bits per heavy atom. The Hall–Kier alpha value is -1.37. The number of aryl methyl sites for hydroxylation is 1. The van der Waals surface area contributed by atoms with Crippen LogP contribution in [0.15, 0.2) is 12.3 Å². The standard InChI is InChI=1S/C15H24N4O2S/c1-2-19-14(3-7-16-19)12-4-8-18(9-5-12)15(20)17-13-6-10-22(21)11-13/h3,7,12-13H,2,4-6,8-11H2,1H3,(H,17,20). The van der Waals surface area contributed by atoms with Crippen molar-refractivity contribution in [2.45, 2.75) is 44.7 Å². The molecule has 2 unspecified atom stereocenters. The average molecular weight is 324 g/mol. The van der Waals surface area contributed by atoms with E-state index in [0.29, 0.717) is 17.4 Å². The number of piperidine rings is 1. The summed E-state index contributed by atoms with van der Waals surface area (Å²) in [7, 11) is -0.747. The zero-order valence-electron chi connectivity index (χ0n) is 13.0. The van der Waals surface area contributed by atoms with Gasteiger partial charge in [-0.05, 0) is 32.3 Å². The van der Waals surface area contributed by atoms with Crippen LogP contribution in [0.2, 0.25) is 0 Å². The van der Waals surface area contributed by atoms with E-state index >= 15 is 0 Å². The summed E-state index contributed by atoms with van der Waals surface area (Å²) in [6.45, 7) is 4.55. The van der Waals surface area contributed by atoms with Crippen LogP contribution in [0.3, 0.4) is 0 Å². The van der Waals surface area contributed by atoms with Crippen LogP contribution in [0.1, 0.15) is 37.8 Å². The van der Waals surface area contributed by atoms with Crippen LogP contribution in [0.4, 0.5) is 4.79 Å². The normalized spacial score (nSPS) is 26.3. The summed E-state index contributed by atoms with van der Waals surface area (Å²) in [5, 5.41) is 7.36. The van der Waals surface area contributed by atoms with Crippen molar-refractivity contribution in [3.05, 3.63) is 18.0 Å². The lowest BCUT2D eigenvalue weighted by Gasteiger charge is -2.33. The largest absolute Gasteiger partial charge is 0.334 e. The molecule has 1 aromatic heterocycles. The fourth-order valence-corrected chi connectivity index (χ4v) is 4.79. The number of amides is 2. The zero-order valence-corrected chi connectivity index (χ0v) is 13.8. The van der Waals surface area contributed by atoms with Gasteiger partial charge < -0.3 is 10.2 Å². The Morgan fingerprint density at radius 1 is 1.41 bits per heavy atom. The molecule has 2 saturated heterocycles. The monoisotopic (exact) mass is 324 g/mol. The van der Waals surface area contributed by atoms with Gasteiger partial charge in [0, 0.05) is 65.8 Å². The summed E-state index contributed by atoms with van der Waals surface area (Å²) in [4.78, 5) is 14.2. The second-order valence-corrected chi connectivity index (χ2v) is 7.70. The molecule has 0 spiro atoms. The summed E-state index contributed by atoms with van der Waals surface area (Å²) in [6, 6.07) is 2.19. The smallest absolute Gasteiger partial charge is 0.317 e. The lowest BCUT2D eigenvalue weighted by atomic mass is 9.93. The molecule has 3 heterocycles. The first-order valence-corrected chi connectivity index (χ1v) is 9.58. The summed E-state index contributed by atoms with van der Waals surface area (Å²) >= 11 is 0. The lowest BCUT2D eigenvalue weighted by molar-refractivity contribution is 0.177. The van der Waals surface area contributed by atoms with Gasteiger partial charge in [0.15, 0.2) is 0 Å². The summed E-state index contributed by atoms with van der Waals surface area (Å²) in [6.07, 6.45) is 4.66. The van der Waals surface area contributed by atoms with Gasteiger partial charge in [-0.2, -0.15) is 5.10 Å². The quantitative estimate of drug-likeness (QED) is 0.912. The zero-order chi connectivity index (χ0) is 15.5. The van der Waals surface area contributed by atoms with Crippen molar-refractivity contribution < 1.29 is 9.00 Å². The summed E-state index contributed by atoms with van der Waals surface area (Å²) in [5.74, 6) is 1.82. The molecule has 0 saturated carbocycles. The van der Waals surface area contributed by atoms with Crippen molar-refractivity contribution in [1.29, 1.82) is 0 Å². The van der Waals surface area contributed by atoms with Crippen molar-refractivity contribution >= 4 is 16.8 Å². The number of rotatable bonds is 3. The van der Waals surface area contributed by atoms with E-state index in [1.165, 1.54) is 5.69 Å². The molecular weight excluding hydrogens is 300 g/mol. The van der Waals surface area contributed by atoms with Crippen molar-refractivity contribution in [1.82, 2.24) is 20.0 Å². The van der Waals surface area contributed by atoms with Crippen LogP contribution in [-0.2, 0) is 17.3 Å². The fraction of sp³-hybridized carbons (Fsp3) is 0.733. The van der Waals surface area contributed by atoms with E-state index in [1.54, 1.807) is 0 Å². The summed E-state index contributed by atoms with van der Waals surface area (Å²) < 4.78 is 13.4. The first-order chi connectivity index (χ1) is 10.7. The molecule has 22 heavy (non-hydrogen) atoms. The van der Waals surface area contributed by atoms with Gasteiger partial charge in [0.1, 0.15) is 0 Å². The van der Waals surface area contributed by atoms with Crippen LogP contribution < -0.4 is 5.32 Å². The number of nitrogens with zero attached hydrogens (tertiary/aromatic N) is 3. The third-order valence-corrected chi connectivity index (χ3v) is 6.12. The molecule has 122 valence electrons. The molecule has 0 radical (unpaired) electrons. The fourth-order valence-electron chi connectivity index (χ4n) is 3.38. The highest BCUT2D eigenvalue weighted by Crippen LogP contribution is 2.27. The Morgan fingerprint density at radius 3 is 2.82 bits per heavy atom. The van der Waals surface area contributed by atoms with Crippen LogP contribution in [-0.4, -0.2) is 55.6 Å². The average Bonchev–Trinajstić information content (AvgIpc) is 3.16. The van der Waals surface area contributed by atoms with E-state index in [-0.39, 0.29) is 12.1 Å². The maximum atomic E-state index is 12.3. The minimum absolute atomic E-state index is 0.00588. The molecule has 0 bridgehead atoms. The SMILES string of the molecule is CCn1nccc1C1CCN(C(=O)NC2CCS(=O)C2)CC1. The Labute approximate surface area is 133 Å². The van der Waals surface area contributed by atoms with Gasteiger partial charge in [-0.25, -0.2) is 4.79 Å². The van der Waals surface area contributed by atoms with Crippen LogP contribution in [0, 0.1) is 0 Å². The highest BCUT2D eigenvalue weighted by atomic mass is 32.2. The van der Waals surface area contributed by atoms with Gasteiger partial charge in [-0.1, -0.05) is 0 Å². The van der Waals surface area contributed by atoms with Gasteiger partial charge >= 0.3 is 6.03 Å². The second-order valence-electron chi connectivity index (χ2n) is 6.08. The minimum atomic E-state index is -0.747. The maximum absolute atomic E-state index is 12.3. The Balaban J connectivity index is 1.51. The number of hydrogen-bond donors (Lipinski definition) is 1. The molecule has 2 amide bonds. The predicted octanol–water partition coefficient (Wildman–Crippen LogP) is 1.31. The Kier molecular flexibility index (Phi) is 4.81. The molecule has 2 fully saturated rings. The number of likely N-dealkylation sites (tertiary alicyclic amines) is 1. The van der Waals surface area contributed by atoms with Crippen molar-refractivity contribution in [3.8, 4) is 0 Å². The van der Waals surface area contributed by atoms with E-state index in [1.807, 2.05) is 15.8 Å². The lowest BCUT2D eigenvalue weighted by Crippen LogP contribution is -2.48. The number of urea groups is 1. The molecule has 2 aliphatic heterocycles. The third kappa shape index (κ3) is 3.34. The van der Waals surface area contributed by atoms with E-state index in [4.69, 9.17) is 0 Å². The number of carbonyl (C=O) groups excluding carboxylic acids is 1. The van der Waals surface area contributed by atoms with Crippen molar-refractivity contribution in [2.75, 3.05) is 24.6 Å². The first-order valence-electron chi connectivity index (χ1n) is 8.09. The maximum Gasteiger partial charge on any atom is 0.317 e. The van der Waals surface area contributed by atoms with Crippen LogP contribution in [0.25, 0.3) is 0 Å². The number of aromatic nitrogens is 2. The molecule has 7 heteroatoms. The van der Waals surface area contributed by atoms with Gasteiger partial charge in [0.05, 0.1) is 0 Å². The van der Waals surface area contributed by atoms with Gasteiger partial charge in [-0.3, -0.25) is 8.89 Å². The molecule has 1 aromatic rings. The van der Waals surface area contributed by atoms with Gasteiger partial charge in [0.2, 0.25) is 0 Å². The topological polar surface area (TPSA) is 67.2 Å². The van der Waals surface area contributed by atoms with Crippen LogP contribution >= 0.6 is 0 Å². The molecule has 0 aromatic carbocycles. The predicted molar refractivity (Wildman–Crippen MR) is 86.3 cm³/mol. The molecule has 6 nitrogen and oxygen atoms in total. The summed E-state index contributed by atoms with van der Waals surface area (Å²) in [5.41, 5.74) is 1.29. The first kappa shape index (κ1) is 15.5. The van der Waals surface area contributed by atoms with Crippen LogP contribution in [0.5, 0.6) is 0 Å². The van der Waals surface area contributed by atoms with Crippen molar-refractivity contribution in [2.24, 2.45) is 0 Å². The molecule has 2 atom stereocenters.